The van der Waals surface area contributed by atoms with Gasteiger partial charge in [0.25, 0.3) is 0 Å². The Labute approximate surface area is 134 Å². The smallest absolute Gasteiger partial charge is 0.0724 e. The average Bonchev–Trinajstić information content (AvgIpc) is 2.76. The molecule has 2 atom stereocenters. The molecule has 0 spiro atoms. The molecule has 0 bridgehead atoms. The van der Waals surface area contributed by atoms with Crippen LogP contribution in [0.4, 0.5) is 0 Å². The molecule has 1 radical (unpaired) electrons. The summed E-state index contributed by atoms with van der Waals surface area (Å²) >= 11 is 3.45. The first-order valence-corrected chi connectivity index (χ1v) is 8.05. The Balaban J connectivity index is 1.99. The van der Waals surface area contributed by atoms with E-state index < -0.39 is 11.1 Å². The molecule has 1 aliphatic rings. The van der Waals surface area contributed by atoms with E-state index in [4.69, 9.17) is 0 Å². The van der Waals surface area contributed by atoms with E-state index in [0.29, 0.717) is 0 Å². The van der Waals surface area contributed by atoms with Gasteiger partial charge in [-0.25, -0.2) is 0 Å². The second-order valence-electron chi connectivity index (χ2n) is 6.22. The molecule has 1 saturated heterocycles. The van der Waals surface area contributed by atoms with E-state index in [9.17, 15) is 5.21 Å². The Morgan fingerprint density at radius 1 is 0.857 bits per heavy atom. The fourth-order valence-corrected chi connectivity index (χ4v) is 3.63. The van der Waals surface area contributed by atoms with Crippen LogP contribution in [0.2, 0.25) is 0 Å². The van der Waals surface area contributed by atoms with Crippen molar-refractivity contribution in [2.24, 2.45) is 0 Å². The van der Waals surface area contributed by atoms with Gasteiger partial charge in [-0.05, 0) is 49.9 Å². The molecule has 0 saturated carbocycles. The molecule has 1 heterocycles. The minimum atomic E-state index is -0.467. The lowest BCUT2D eigenvalue weighted by Crippen LogP contribution is -2.44. The molecular formula is C18H19BrNO. The summed E-state index contributed by atoms with van der Waals surface area (Å²) in [7, 11) is 0. The maximum atomic E-state index is 13.1. The van der Waals surface area contributed by atoms with Crippen LogP contribution >= 0.6 is 15.9 Å². The van der Waals surface area contributed by atoms with Crippen molar-refractivity contribution in [1.82, 2.24) is 5.06 Å². The number of halogens is 1. The van der Waals surface area contributed by atoms with Crippen LogP contribution in [0.3, 0.4) is 0 Å². The summed E-state index contributed by atoms with van der Waals surface area (Å²) in [4.78, 5) is 0. The number of hydrogen-bond acceptors (Lipinski definition) is 1. The lowest BCUT2D eigenvalue weighted by atomic mass is 9.89. The fourth-order valence-electron chi connectivity index (χ4n) is 3.36. The van der Waals surface area contributed by atoms with Crippen LogP contribution in [0.25, 0.3) is 0 Å². The van der Waals surface area contributed by atoms with Crippen molar-refractivity contribution in [3.05, 3.63) is 70.2 Å². The number of rotatable bonds is 2. The molecule has 2 aromatic rings. The van der Waals surface area contributed by atoms with Crippen molar-refractivity contribution < 1.29 is 5.21 Å². The molecule has 0 amide bonds. The summed E-state index contributed by atoms with van der Waals surface area (Å²) in [6, 6.07) is 18.2. The number of nitrogens with zero attached hydrogens (tertiary/aromatic N) is 1. The molecule has 0 aromatic heterocycles. The first-order valence-electron chi connectivity index (χ1n) is 7.26. The van der Waals surface area contributed by atoms with Crippen LogP contribution in [0.1, 0.15) is 37.8 Å². The highest BCUT2D eigenvalue weighted by Gasteiger charge is 2.52. The van der Waals surface area contributed by atoms with Crippen molar-refractivity contribution in [2.75, 3.05) is 0 Å². The molecule has 0 aliphatic carbocycles. The molecule has 2 aromatic carbocycles. The first kappa shape index (κ1) is 14.8. The average molecular weight is 345 g/mol. The van der Waals surface area contributed by atoms with Crippen LogP contribution in [0.5, 0.6) is 0 Å². The second kappa shape index (κ2) is 5.24. The van der Waals surface area contributed by atoms with Gasteiger partial charge in [-0.15, -0.1) is 10.3 Å². The van der Waals surface area contributed by atoms with E-state index in [1.807, 2.05) is 42.5 Å². The third kappa shape index (κ3) is 2.33. The molecule has 3 rings (SSSR count). The summed E-state index contributed by atoms with van der Waals surface area (Å²) in [6.07, 6.45) is 1.73. The minimum Gasteiger partial charge on any atom is -0.135 e. The monoisotopic (exact) mass is 344 g/mol. The zero-order valence-corrected chi connectivity index (χ0v) is 13.9. The van der Waals surface area contributed by atoms with Crippen molar-refractivity contribution >= 4 is 15.9 Å². The molecular weight excluding hydrogens is 326 g/mol. The Kier molecular flexibility index (Phi) is 3.68. The molecule has 21 heavy (non-hydrogen) atoms. The third-order valence-corrected chi connectivity index (χ3v) is 5.39. The lowest BCUT2D eigenvalue weighted by molar-refractivity contribution is -0.260. The standard InChI is InChI=1S/C18H19BrNO/c1-17(14-6-4-3-5-7-14)12-13-18(2,20(17)21)15-8-10-16(19)11-9-15/h3-11H,12-13H2,1-2H3/t17-,18-/m0/s1. The zero-order valence-electron chi connectivity index (χ0n) is 12.3. The van der Waals surface area contributed by atoms with Gasteiger partial charge >= 0.3 is 0 Å². The Bertz CT molecular complexity index is 627. The normalized spacial score (nSPS) is 29.7. The van der Waals surface area contributed by atoms with E-state index >= 15 is 0 Å². The van der Waals surface area contributed by atoms with Crippen molar-refractivity contribution in [1.29, 1.82) is 0 Å². The van der Waals surface area contributed by atoms with Crippen LogP contribution in [-0.2, 0) is 16.3 Å². The lowest BCUT2D eigenvalue weighted by Gasteiger charge is -2.37. The van der Waals surface area contributed by atoms with Gasteiger partial charge in [0, 0.05) is 4.47 Å². The van der Waals surface area contributed by atoms with Crippen molar-refractivity contribution in [3.8, 4) is 0 Å². The van der Waals surface area contributed by atoms with Gasteiger partial charge < -0.3 is 0 Å². The van der Waals surface area contributed by atoms with Gasteiger partial charge in [0.2, 0.25) is 0 Å². The van der Waals surface area contributed by atoms with Gasteiger partial charge in [-0.3, -0.25) is 0 Å². The van der Waals surface area contributed by atoms with E-state index in [2.05, 4.69) is 41.9 Å². The SMILES string of the molecule is C[C@@]1(c2ccccc2)CC[C@@](C)(c2ccc(Br)cc2)N1[O]. The molecule has 1 fully saturated rings. The van der Waals surface area contributed by atoms with Crippen molar-refractivity contribution in [2.45, 2.75) is 37.8 Å². The molecule has 2 nitrogen and oxygen atoms in total. The third-order valence-electron chi connectivity index (χ3n) is 4.86. The second-order valence-corrected chi connectivity index (χ2v) is 7.13. The van der Waals surface area contributed by atoms with E-state index in [1.165, 1.54) is 5.06 Å². The fraction of sp³-hybridized carbons (Fsp3) is 0.333. The van der Waals surface area contributed by atoms with Crippen molar-refractivity contribution in [3.63, 3.8) is 0 Å². The highest BCUT2D eigenvalue weighted by molar-refractivity contribution is 9.10. The van der Waals surface area contributed by atoms with Crippen LogP contribution < -0.4 is 0 Å². The van der Waals surface area contributed by atoms with Crippen LogP contribution in [0.15, 0.2) is 59.1 Å². The molecule has 0 N–H and O–H groups in total. The summed E-state index contributed by atoms with van der Waals surface area (Å²) < 4.78 is 1.04. The van der Waals surface area contributed by atoms with Gasteiger partial charge in [-0.2, -0.15) is 0 Å². The zero-order chi connectivity index (χ0) is 15.1. The topological polar surface area (TPSA) is 23.1 Å². The van der Waals surface area contributed by atoms with Gasteiger partial charge in [0.15, 0.2) is 0 Å². The van der Waals surface area contributed by atoms with E-state index in [-0.39, 0.29) is 0 Å². The van der Waals surface area contributed by atoms with E-state index in [0.717, 1.165) is 28.4 Å². The molecule has 109 valence electrons. The van der Waals surface area contributed by atoms with Crippen LogP contribution in [0, 0.1) is 0 Å². The molecule has 3 heteroatoms. The summed E-state index contributed by atoms with van der Waals surface area (Å²) in [5, 5.41) is 14.4. The van der Waals surface area contributed by atoms with Gasteiger partial charge in [0.05, 0.1) is 11.1 Å². The first-order chi connectivity index (χ1) is 9.97. The number of hydroxylamine groups is 2. The molecule has 0 unspecified atom stereocenters. The van der Waals surface area contributed by atoms with Gasteiger partial charge in [0.1, 0.15) is 0 Å². The highest BCUT2D eigenvalue weighted by Crippen LogP contribution is 2.50. The van der Waals surface area contributed by atoms with Gasteiger partial charge in [-0.1, -0.05) is 58.4 Å². The summed E-state index contributed by atoms with van der Waals surface area (Å²) in [5.41, 5.74) is 1.26. The highest BCUT2D eigenvalue weighted by atomic mass is 79.9. The van der Waals surface area contributed by atoms with Crippen LogP contribution in [-0.4, -0.2) is 5.06 Å². The van der Waals surface area contributed by atoms with E-state index in [1.54, 1.807) is 0 Å². The minimum absolute atomic E-state index is 0.455. The summed E-state index contributed by atoms with van der Waals surface area (Å²) in [5.74, 6) is 0. The predicted octanol–water partition coefficient (Wildman–Crippen LogP) is 5.02. The number of hydrogen-bond donors (Lipinski definition) is 0. The Hall–Kier alpha value is -1.16. The maximum absolute atomic E-state index is 13.1. The Morgan fingerprint density at radius 3 is 1.86 bits per heavy atom. The predicted molar refractivity (Wildman–Crippen MR) is 87.0 cm³/mol. The summed E-state index contributed by atoms with van der Waals surface area (Å²) in [6.45, 7) is 4.11. The largest absolute Gasteiger partial charge is 0.135 e. The maximum Gasteiger partial charge on any atom is 0.0724 e. The molecule has 1 aliphatic heterocycles. The number of benzene rings is 2. The Morgan fingerprint density at radius 2 is 1.33 bits per heavy atom. The quantitative estimate of drug-likeness (QED) is 0.749.